The Kier molecular flexibility index (Phi) is 7.75. The Morgan fingerprint density at radius 2 is 0.818 bits per heavy atom. The fourth-order valence-corrected chi connectivity index (χ4v) is 21.2. The van der Waals surface area contributed by atoms with Crippen LogP contribution in [0.1, 0.15) is 6.92 Å². The Hall–Kier alpha value is 0.924. The van der Waals surface area contributed by atoms with Crippen molar-refractivity contribution in [2.24, 2.45) is 0 Å². The molecule has 0 spiro atoms. The Labute approximate surface area is 143 Å². The summed E-state index contributed by atoms with van der Waals surface area (Å²) < 4.78 is 25.9. The van der Waals surface area contributed by atoms with Gasteiger partial charge in [-0.3, -0.25) is 0 Å². The van der Waals surface area contributed by atoms with Gasteiger partial charge < -0.3 is 16.5 Å². The van der Waals surface area contributed by atoms with E-state index in [9.17, 15) is 0 Å². The number of rotatable bonds is 9. The third-order valence-electron chi connectivity index (χ3n) is 2.19. The summed E-state index contributed by atoms with van der Waals surface area (Å²) in [6, 6.07) is 2.05. The van der Waals surface area contributed by atoms with E-state index in [4.69, 9.17) is 16.5 Å². The molecular weight excluding hydrogens is 361 g/mol. The molecule has 9 heteroatoms. The molecule has 133 valence electrons. The average molecular weight is 398 g/mol. The van der Waals surface area contributed by atoms with Crippen molar-refractivity contribution >= 4 is 42.3 Å². The van der Waals surface area contributed by atoms with E-state index in [0.717, 1.165) is 0 Å². The van der Waals surface area contributed by atoms with Crippen molar-refractivity contribution < 1.29 is 16.5 Å². The molecule has 0 aromatic heterocycles. The molecule has 0 heterocycles. The van der Waals surface area contributed by atoms with Crippen LogP contribution < -0.4 is 0 Å². The first-order chi connectivity index (χ1) is 9.39. The Morgan fingerprint density at radius 1 is 0.500 bits per heavy atom. The van der Waals surface area contributed by atoms with Gasteiger partial charge in [-0.1, -0.05) is 6.92 Å². The SMILES string of the molecule is C[CH][Si](O[Si](C)(C)C)(O[Si](C)(C)C)O[Si](C)(C)O[Si](C)(C)C. The summed E-state index contributed by atoms with van der Waals surface area (Å²) in [4.78, 5) is 0. The topological polar surface area (TPSA) is 36.9 Å². The molecule has 0 aliphatic rings. The van der Waals surface area contributed by atoms with E-state index in [-0.39, 0.29) is 0 Å². The van der Waals surface area contributed by atoms with Crippen molar-refractivity contribution in [2.45, 2.75) is 78.9 Å². The molecule has 4 nitrogen and oxygen atoms in total. The summed E-state index contributed by atoms with van der Waals surface area (Å²) >= 11 is 0. The molecule has 0 fully saturated rings. The molecule has 0 N–H and O–H groups in total. The largest absolute Gasteiger partial charge is 0.474 e. The van der Waals surface area contributed by atoms with Crippen LogP contribution in [0.4, 0.5) is 0 Å². The number of hydrogen-bond acceptors (Lipinski definition) is 4. The first-order valence-corrected chi connectivity index (χ1v) is 22.8. The van der Waals surface area contributed by atoms with Crippen LogP contribution in [0.2, 0.25) is 72.0 Å². The zero-order valence-corrected chi connectivity index (χ0v) is 21.7. The predicted molar refractivity (Wildman–Crippen MR) is 108 cm³/mol. The van der Waals surface area contributed by atoms with Crippen LogP contribution >= 0.6 is 0 Å². The zero-order chi connectivity index (χ0) is 18.0. The maximum absolute atomic E-state index is 6.56. The van der Waals surface area contributed by atoms with Gasteiger partial charge in [0.2, 0.25) is 0 Å². The molecule has 0 atom stereocenters. The lowest BCUT2D eigenvalue weighted by molar-refractivity contribution is 0.237. The molecule has 0 aromatic rings. The third kappa shape index (κ3) is 10.7. The summed E-state index contributed by atoms with van der Waals surface area (Å²) in [5, 5.41) is 0. The van der Waals surface area contributed by atoms with Gasteiger partial charge in [0.15, 0.2) is 25.0 Å². The highest BCUT2D eigenvalue weighted by molar-refractivity contribution is 6.92. The molecule has 0 rings (SSSR count). The molecule has 0 bridgehead atoms. The zero-order valence-electron chi connectivity index (χ0n) is 16.7. The van der Waals surface area contributed by atoms with Crippen LogP contribution in [-0.4, -0.2) is 42.3 Å². The second-order valence-corrected chi connectivity index (χ2v) is 29.6. The van der Waals surface area contributed by atoms with Crippen LogP contribution in [0.3, 0.4) is 0 Å². The van der Waals surface area contributed by atoms with E-state index in [1.807, 2.05) is 13.0 Å². The smallest absolute Gasteiger partial charge is 0.437 e. The minimum atomic E-state index is -2.82. The summed E-state index contributed by atoms with van der Waals surface area (Å²) in [5.41, 5.74) is 0. The summed E-state index contributed by atoms with van der Waals surface area (Å²) in [6.07, 6.45) is 0. The molecular formula is C13H37O4Si5. The second kappa shape index (κ2) is 7.44. The lowest BCUT2D eigenvalue weighted by atomic mass is 11.0. The molecule has 0 amide bonds. The minimum absolute atomic E-state index is 1.67. The first-order valence-electron chi connectivity index (χ1n) is 8.00. The summed E-state index contributed by atoms with van der Waals surface area (Å²) in [6.45, 7) is 25.9. The molecule has 0 aromatic carbocycles. The quantitative estimate of drug-likeness (QED) is 0.515. The molecule has 22 heavy (non-hydrogen) atoms. The maximum atomic E-state index is 6.56. The van der Waals surface area contributed by atoms with E-state index < -0.39 is 42.3 Å². The van der Waals surface area contributed by atoms with E-state index in [1.165, 1.54) is 0 Å². The van der Waals surface area contributed by atoms with Gasteiger partial charge in [0, 0.05) is 6.04 Å². The molecule has 0 aliphatic carbocycles. The van der Waals surface area contributed by atoms with Crippen LogP contribution in [0.15, 0.2) is 0 Å². The van der Waals surface area contributed by atoms with Crippen molar-refractivity contribution in [2.75, 3.05) is 0 Å². The maximum Gasteiger partial charge on any atom is 0.474 e. The monoisotopic (exact) mass is 397 g/mol. The van der Waals surface area contributed by atoms with Crippen molar-refractivity contribution in [1.29, 1.82) is 0 Å². The Bertz CT molecular complexity index is 339. The Morgan fingerprint density at radius 3 is 1.05 bits per heavy atom. The lowest BCUT2D eigenvalue weighted by Gasteiger charge is -2.43. The van der Waals surface area contributed by atoms with Gasteiger partial charge in [0.25, 0.3) is 0 Å². The van der Waals surface area contributed by atoms with Crippen molar-refractivity contribution in [3.05, 3.63) is 6.04 Å². The predicted octanol–water partition coefficient (Wildman–Crippen LogP) is 4.96. The average Bonchev–Trinajstić information content (AvgIpc) is 2.05. The molecule has 0 saturated heterocycles. The Balaban J connectivity index is 5.47. The van der Waals surface area contributed by atoms with E-state index in [0.29, 0.717) is 0 Å². The molecule has 1 radical (unpaired) electrons. The van der Waals surface area contributed by atoms with E-state index in [2.05, 4.69) is 72.0 Å². The summed E-state index contributed by atoms with van der Waals surface area (Å²) in [5.74, 6) is 0. The van der Waals surface area contributed by atoms with Crippen LogP contribution in [0.5, 0.6) is 0 Å². The van der Waals surface area contributed by atoms with Crippen LogP contribution in [0, 0.1) is 6.04 Å². The highest BCUT2D eigenvalue weighted by Gasteiger charge is 2.51. The van der Waals surface area contributed by atoms with Crippen molar-refractivity contribution in [1.82, 2.24) is 0 Å². The highest BCUT2D eigenvalue weighted by atomic mass is 28.5. The van der Waals surface area contributed by atoms with Crippen molar-refractivity contribution in [3.63, 3.8) is 0 Å². The van der Waals surface area contributed by atoms with Gasteiger partial charge in [-0.05, 0) is 72.0 Å². The van der Waals surface area contributed by atoms with Crippen LogP contribution in [0.25, 0.3) is 0 Å². The second-order valence-electron chi connectivity index (χ2n) is 9.04. The van der Waals surface area contributed by atoms with Gasteiger partial charge >= 0.3 is 17.4 Å². The highest BCUT2D eigenvalue weighted by Crippen LogP contribution is 2.29. The fourth-order valence-electron chi connectivity index (χ4n) is 2.19. The number of hydrogen-bond donors (Lipinski definition) is 0. The molecule has 0 aliphatic heterocycles. The fraction of sp³-hybridized carbons (Fsp3) is 0.923. The van der Waals surface area contributed by atoms with Gasteiger partial charge in [-0.15, -0.1) is 0 Å². The normalized spacial score (nSPS) is 15.3. The minimum Gasteiger partial charge on any atom is -0.437 e. The van der Waals surface area contributed by atoms with Gasteiger partial charge in [0.1, 0.15) is 0 Å². The molecule has 0 unspecified atom stereocenters. The van der Waals surface area contributed by atoms with Gasteiger partial charge in [-0.25, -0.2) is 0 Å². The third-order valence-corrected chi connectivity index (χ3v) is 17.6. The van der Waals surface area contributed by atoms with Gasteiger partial charge in [0.05, 0.1) is 0 Å². The molecule has 0 saturated carbocycles. The summed E-state index contributed by atoms with van der Waals surface area (Å²) in [7, 11) is -10.4. The van der Waals surface area contributed by atoms with Crippen LogP contribution in [-0.2, 0) is 16.5 Å². The first kappa shape index (κ1) is 22.9. The van der Waals surface area contributed by atoms with Gasteiger partial charge in [-0.2, -0.15) is 0 Å². The van der Waals surface area contributed by atoms with E-state index >= 15 is 0 Å². The lowest BCUT2D eigenvalue weighted by Crippen LogP contribution is -2.63. The standard InChI is InChI=1S/C13H37O4Si5/c1-13-22(15-19(5,6)7,16-20(8,9)10)17-21(11,12)14-18(2,3)4/h13H,1-12H3. The van der Waals surface area contributed by atoms with E-state index in [1.54, 1.807) is 0 Å². The van der Waals surface area contributed by atoms with Crippen molar-refractivity contribution in [3.8, 4) is 0 Å².